The van der Waals surface area contributed by atoms with Crippen molar-refractivity contribution in [3.63, 3.8) is 0 Å². The third-order valence-corrected chi connectivity index (χ3v) is 4.10. The van der Waals surface area contributed by atoms with E-state index in [0.29, 0.717) is 0 Å². The first-order chi connectivity index (χ1) is 8.59. The van der Waals surface area contributed by atoms with Crippen molar-refractivity contribution in [2.24, 2.45) is 0 Å². The number of fused-ring (bicyclic) bond motifs is 1. The molecule has 1 N–H and O–H groups in total. The zero-order valence-electron chi connectivity index (χ0n) is 11.1. The summed E-state index contributed by atoms with van der Waals surface area (Å²) in [6.07, 6.45) is 0. The number of rotatable bonds is 2. The van der Waals surface area contributed by atoms with Gasteiger partial charge in [-0.05, 0) is 35.7 Å². The Labute approximate surface area is 206 Å². The molecule has 0 fully saturated rings. The maximum absolute atomic E-state index is 10.9. The maximum atomic E-state index is 10.9. The van der Waals surface area contributed by atoms with Gasteiger partial charge in [0.05, 0.1) is 9.79 Å². The molecular weight excluding hydrogens is 374 g/mol. The third-order valence-electron chi connectivity index (χ3n) is 2.45. The summed E-state index contributed by atoms with van der Waals surface area (Å²) in [7, 11) is -9.52. The van der Waals surface area contributed by atoms with E-state index in [1.807, 2.05) is 0 Å². The van der Waals surface area contributed by atoms with Crippen molar-refractivity contribution in [3.8, 4) is 5.75 Å². The summed E-state index contributed by atoms with van der Waals surface area (Å²) in [5.41, 5.74) is 0. The molecule has 0 heterocycles. The molecule has 0 aliphatic carbocycles. The minimum absolute atomic E-state index is 0. The molecule has 0 aliphatic rings. The molecule has 21 heavy (non-hydrogen) atoms. The van der Waals surface area contributed by atoms with Gasteiger partial charge in [-0.3, -0.25) is 0 Å². The average Bonchev–Trinajstić information content (AvgIpc) is 2.25. The SMILES string of the molecule is O=S(=O)([O-])c1ccc2c(O)cc(S(=O)(=O)[O-])cc2c1.[K+].[K+]. The molecule has 0 bridgehead atoms. The summed E-state index contributed by atoms with van der Waals surface area (Å²) >= 11 is 0. The molecule has 0 radical (unpaired) electrons. The number of hydrogen-bond donors (Lipinski definition) is 1. The fraction of sp³-hybridized carbons (Fsp3) is 0. The number of phenolic OH excluding ortho intramolecular Hbond substituents is 1. The summed E-state index contributed by atoms with van der Waals surface area (Å²) in [5.74, 6) is -0.498. The summed E-state index contributed by atoms with van der Waals surface area (Å²) < 4.78 is 65.1. The van der Waals surface area contributed by atoms with Gasteiger partial charge in [0, 0.05) is 5.39 Å². The van der Waals surface area contributed by atoms with Crippen LogP contribution in [0.3, 0.4) is 0 Å². The van der Waals surface area contributed by atoms with Crippen LogP contribution in [0.1, 0.15) is 0 Å². The van der Waals surface area contributed by atoms with Gasteiger partial charge in [0.1, 0.15) is 26.0 Å². The second kappa shape index (κ2) is 8.11. The Morgan fingerprint density at radius 2 is 1.29 bits per heavy atom. The smallest absolute Gasteiger partial charge is 0.744 e. The molecule has 0 spiro atoms. The Hall–Kier alpha value is 1.59. The van der Waals surface area contributed by atoms with Crippen molar-refractivity contribution < 1.29 is 134 Å². The largest absolute Gasteiger partial charge is 1.00 e. The van der Waals surface area contributed by atoms with Crippen LogP contribution < -0.4 is 103 Å². The molecule has 0 amide bonds. The normalized spacial score (nSPS) is 11.5. The Morgan fingerprint density at radius 1 is 0.810 bits per heavy atom. The van der Waals surface area contributed by atoms with E-state index in [-0.39, 0.29) is 114 Å². The number of aromatic hydroxyl groups is 1. The van der Waals surface area contributed by atoms with Crippen LogP contribution in [0.5, 0.6) is 5.75 Å². The van der Waals surface area contributed by atoms with Crippen molar-refractivity contribution in [1.29, 1.82) is 0 Å². The van der Waals surface area contributed by atoms with Crippen LogP contribution in [0.4, 0.5) is 0 Å². The van der Waals surface area contributed by atoms with Crippen molar-refractivity contribution >= 4 is 31.0 Å². The molecule has 0 saturated carbocycles. The van der Waals surface area contributed by atoms with Gasteiger partial charge in [-0.1, -0.05) is 0 Å². The summed E-state index contributed by atoms with van der Waals surface area (Å²) in [6.45, 7) is 0. The Bertz CT molecular complexity index is 870. The van der Waals surface area contributed by atoms with E-state index < -0.39 is 35.8 Å². The molecule has 0 atom stereocenters. The molecule has 2 aromatic carbocycles. The van der Waals surface area contributed by atoms with Crippen molar-refractivity contribution in [2.45, 2.75) is 9.79 Å². The van der Waals surface area contributed by atoms with Gasteiger partial charge in [-0.2, -0.15) is 0 Å². The number of phenols is 1. The molecule has 7 nitrogen and oxygen atoms in total. The van der Waals surface area contributed by atoms with E-state index >= 15 is 0 Å². The molecule has 0 aliphatic heterocycles. The molecule has 2 aromatic rings. The van der Waals surface area contributed by atoms with E-state index in [9.17, 15) is 31.0 Å². The Morgan fingerprint density at radius 3 is 1.76 bits per heavy atom. The summed E-state index contributed by atoms with van der Waals surface area (Å²) in [5, 5.41) is 9.67. The topological polar surface area (TPSA) is 135 Å². The van der Waals surface area contributed by atoms with Crippen LogP contribution in [-0.4, -0.2) is 31.0 Å². The maximum Gasteiger partial charge on any atom is 1.00 e. The first-order valence-electron chi connectivity index (χ1n) is 4.77. The minimum Gasteiger partial charge on any atom is -0.744 e. The van der Waals surface area contributed by atoms with E-state index in [2.05, 4.69) is 0 Å². The second-order valence-electron chi connectivity index (χ2n) is 3.73. The fourth-order valence-corrected chi connectivity index (χ4v) is 2.63. The van der Waals surface area contributed by atoms with Gasteiger partial charge in [0.25, 0.3) is 0 Å². The van der Waals surface area contributed by atoms with Crippen molar-refractivity contribution in [3.05, 3.63) is 30.3 Å². The molecular formula is C10H6K2O7S2. The summed E-state index contributed by atoms with van der Waals surface area (Å²) in [4.78, 5) is -1.29. The van der Waals surface area contributed by atoms with Gasteiger partial charge < -0.3 is 14.2 Å². The van der Waals surface area contributed by atoms with Crippen LogP contribution in [0, 0.1) is 0 Å². The van der Waals surface area contributed by atoms with Crippen molar-refractivity contribution in [2.75, 3.05) is 0 Å². The molecule has 2 rings (SSSR count). The van der Waals surface area contributed by atoms with Gasteiger partial charge in [0.2, 0.25) is 0 Å². The van der Waals surface area contributed by atoms with E-state index in [1.165, 1.54) is 0 Å². The van der Waals surface area contributed by atoms with E-state index in [0.717, 1.165) is 30.3 Å². The zero-order valence-corrected chi connectivity index (χ0v) is 19.0. The third kappa shape index (κ3) is 5.57. The van der Waals surface area contributed by atoms with Crippen molar-refractivity contribution in [1.82, 2.24) is 0 Å². The molecule has 0 aromatic heterocycles. The number of hydrogen-bond acceptors (Lipinski definition) is 7. The molecule has 0 saturated heterocycles. The van der Waals surface area contributed by atoms with Crippen LogP contribution >= 0.6 is 0 Å². The molecule has 0 unspecified atom stereocenters. The summed E-state index contributed by atoms with van der Waals surface area (Å²) in [6, 6.07) is 4.68. The quantitative estimate of drug-likeness (QED) is 0.405. The van der Waals surface area contributed by atoms with Gasteiger partial charge in [0.15, 0.2) is 0 Å². The van der Waals surface area contributed by atoms with Gasteiger partial charge in [-0.25, -0.2) is 16.8 Å². The minimum atomic E-state index is -4.80. The molecule has 102 valence electrons. The molecule has 11 heteroatoms. The predicted molar refractivity (Wildman–Crippen MR) is 61.5 cm³/mol. The van der Waals surface area contributed by atoms with Crippen LogP contribution in [0.2, 0.25) is 0 Å². The second-order valence-corrected chi connectivity index (χ2v) is 6.49. The average molecular weight is 380 g/mol. The fourth-order valence-electron chi connectivity index (χ4n) is 1.60. The van der Waals surface area contributed by atoms with Crippen LogP contribution in [0.25, 0.3) is 10.8 Å². The van der Waals surface area contributed by atoms with Crippen LogP contribution in [-0.2, 0) is 20.2 Å². The predicted octanol–water partition coefficient (Wildman–Crippen LogP) is -5.64. The number of benzene rings is 2. The Balaban J connectivity index is 0.00000200. The van der Waals surface area contributed by atoms with E-state index in [4.69, 9.17) is 0 Å². The van der Waals surface area contributed by atoms with E-state index in [1.54, 1.807) is 0 Å². The standard InChI is InChI=1S/C10H8O7S2.2K/c11-10-5-8(19(15,16)17)4-6-3-7(18(12,13)14)1-2-9(6)10;;/h1-5,11H,(H,12,13,14)(H,15,16,17);;/q;2*+1/p-2. The first-order valence-corrected chi connectivity index (χ1v) is 7.59. The monoisotopic (exact) mass is 380 g/mol. The first kappa shape index (κ1) is 22.6. The van der Waals surface area contributed by atoms with Gasteiger partial charge >= 0.3 is 103 Å². The van der Waals surface area contributed by atoms with Gasteiger partial charge in [-0.15, -0.1) is 0 Å². The zero-order chi connectivity index (χ0) is 14.4. The van der Waals surface area contributed by atoms with Crippen LogP contribution in [0.15, 0.2) is 40.1 Å². The Kier molecular flexibility index (Phi) is 8.73.